The predicted molar refractivity (Wildman–Crippen MR) is 69.3 cm³/mol. The highest BCUT2D eigenvalue weighted by Crippen LogP contribution is 2.37. The molecular weight excluding hydrogens is 288 g/mol. The number of thiophene rings is 1. The quantitative estimate of drug-likeness (QED) is 0.807. The number of hydrogen-bond acceptors (Lipinski definition) is 6. The van der Waals surface area contributed by atoms with Gasteiger partial charge in [0.2, 0.25) is 5.91 Å². The van der Waals surface area contributed by atoms with Gasteiger partial charge in [-0.15, -0.1) is 0 Å². The van der Waals surface area contributed by atoms with Gasteiger partial charge >= 0.3 is 0 Å². The Hall–Kier alpha value is -0.960. The van der Waals surface area contributed by atoms with Gasteiger partial charge in [0.05, 0.1) is 23.5 Å². The Labute approximate surface area is 115 Å². The van der Waals surface area contributed by atoms with Crippen LogP contribution in [0, 0.1) is 11.3 Å². The van der Waals surface area contributed by atoms with Crippen LogP contribution in [-0.4, -0.2) is 40.6 Å². The molecular formula is C11H14N2O4S2. The van der Waals surface area contributed by atoms with Gasteiger partial charge < -0.3 is 10.1 Å². The molecule has 0 spiro atoms. The largest absolute Gasteiger partial charge is 0.380 e. The highest BCUT2D eigenvalue weighted by atomic mass is 32.2. The molecule has 0 aromatic carbocycles. The van der Waals surface area contributed by atoms with Gasteiger partial charge in [0, 0.05) is 24.4 Å². The van der Waals surface area contributed by atoms with E-state index in [2.05, 4.69) is 10.0 Å². The third-order valence-electron chi connectivity index (χ3n) is 3.78. The topological polar surface area (TPSA) is 84.5 Å². The molecule has 0 bridgehead atoms. The van der Waals surface area contributed by atoms with Crippen molar-refractivity contribution in [1.29, 1.82) is 0 Å². The smallest absolute Gasteiger partial charge is 0.264 e. The van der Waals surface area contributed by atoms with E-state index in [-0.39, 0.29) is 17.4 Å². The molecule has 2 N–H and O–H groups in total. The second-order valence-corrected chi connectivity index (χ2v) is 7.36. The predicted octanol–water partition coefficient (Wildman–Crippen LogP) is -0.211. The van der Waals surface area contributed by atoms with Crippen molar-refractivity contribution in [3.8, 4) is 0 Å². The number of rotatable bonds is 3. The van der Waals surface area contributed by atoms with Crippen molar-refractivity contribution in [2.45, 2.75) is 4.90 Å². The summed E-state index contributed by atoms with van der Waals surface area (Å²) in [5.74, 6) is -0.420. The van der Waals surface area contributed by atoms with Gasteiger partial charge in [-0.3, -0.25) is 4.79 Å². The molecule has 1 amide bonds. The highest BCUT2D eigenvalue weighted by Gasteiger charge is 2.53. The van der Waals surface area contributed by atoms with E-state index >= 15 is 0 Å². The fraction of sp³-hybridized carbons (Fsp3) is 0.545. The molecule has 19 heavy (non-hydrogen) atoms. The van der Waals surface area contributed by atoms with Crippen molar-refractivity contribution < 1.29 is 17.9 Å². The van der Waals surface area contributed by atoms with Gasteiger partial charge in [-0.1, -0.05) is 0 Å². The Balaban J connectivity index is 1.82. The van der Waals surface area contributed by atoms with Crippen molar-refractivity contribution in [3.05, 3.63) is 16.8 Å². The third kappa shape index (κ3) is 2.08. The lowest BCUT2D eigenvalue weighted by molar-refractivity contribution is -0.129. The molecule has 0 aliphatic carbocycles. The third-order valence-corrected chi connectivity index (χ3v) is 5.94. The Bertz CT molecular complexity index is 572. The number of fused-ring (bicyclic) bond motifs is 1. The summed E-state index contributed by atoms with van der Waals surface area (Å²) in [5.41, 5.74) is -0.747. The molecule has 3 rings (SSSR count). The molecule has 0 radical (unpaired) electrons. The van der Waals surface area contributed by atoms with Crippen LogP contribution < -0.4 is 10.0 Å². The molecule has 0 saturated carbocycles. The van der Waals surface area contributed by atoms with Gasteiger partial charge in [-0.05, 0) is 11.4 Å². The molecule has 8 heteroatoms. The van der Waals surface area contributed by atoms with Crippen molar-refractivity contribution >= 4 is 27.3 Å². The lowest BCUT2D eigenvalue weighted by Gasteiger charge is -2.24. The first kappa shape index (κ1) is 13.0. The molecule has 2 atom stereocenters. The molecule has 2 aliphatic heterocycles. The summed E-state index contributed by atoms with van der Waals surface area (Å²) in [5, 5.41) is 6.30. The monoisotopic (exact) mass is 302 g/mol. The average molecular weight is 302 g/mol. The van der Waals surface area contributed by atoms with Crippen molar-refractivity contribution in [1.82, 2.24) is 10.0 Å². The van der Waals surface area contributed by atoms with Crippen molar-refractivity contribution in [3.63, 3.8) is 0 Å². The summed E-state index contributed by atoms with van der Waals surface area (Å²) in [6, 6.07) is 1.48. The zero-order valence-electron chi connectivity index (χ0n) is 10.1. The number of carbonyl (C=O) groups excluding carboxylic acids is 1. The highest BCUT2D eigenvalue weighted by molar-refractivity contribution is 7.90. The van der Waals surface area contributed by atoms with Crippen LogP contribution in [0.15, 0.2) is 21.7 Å². The van der Waals surface area contributed by atoms with Gasteiger partial charge in [-0.2, -0.15) is 11.3 Å². The zero-order valence-corrected chi connectivity index (χ0v) is 11.7. The number of amides is 1. The van der Waals surface area contributed by atoms with Crippen LogP contribution in [0.1, 0.15) is 0 Å². The van der Waals surface area contributed by atoms with Crippen LogP contribution in [0.25, 0.3) is 0 Å². The van der Waals surface area contributed by atoms with Crippen LogP contribution in [-0.2, 0) is 19.6 Å². The molecule has 1 aromatic heterocycles. The molecule has 6 nitrogen and oxygen atoms in total. The maximum Gasteiger partial charge on any atom is 0.264 e. The molecule has 3 heterocycles. The van der Waals surface area contributed by atoms with E-state index in [1.165, 1.54) is 22.8 Å². The number of ether oxygens (including phenoxy) is 1. The molecule has 104 valence electrons. The lowest BCUT2D eigenvalue weighted by atomic mass is 9.80. The minimum absolute atomic E-state index is 0.0465. The first-order valence-electron chi connectivity index (χ1n) is 5.92. The van der Waals surface area contributed by atoms with Gasteiger partial charge in [0.25, 0.3) is 10.0 Å². The van der Waals surface area contributed by atoms with E-state index in [0.29, 0.717) is 19.7 Å². The van der Waals surface area contributed by atoms with E-state index in [9.17, 15) is 13.2 Å². The van der Waals surface area contributed by atoms with Gasteiger partial charge in [0.1, 0.15) is 0 Å². The Morgan fingerprint density at radius 1 is 1.58 bits per heavy atom. The normalized spacial score (nSPS) is 30.2. The SMILES string of the molecule is O=C(NS(=O)(=O)c1ccsc1)[C@]12CNC[C@H]1COC2. The first-order valence-corrected chi connectivity index (χ1v) is 8.35. The summed E-state index contributed by atoms with van der Waals surface area (Å²) in [4.78, 5) is 12.5. The van der Waals surface area contributed by atoms with E-state index in [1.807, 2.05) is 0 Å². The molecule has 2 aliphatic rings. The van der Waals surface area contributed by atoms with E-state index < -0.39 is 21.3 Å². The number of hydrogen-bond donors (Lipinski definition) is 2. The molecule has 2 saturated heterocycles. The van der Waals surface area contributed by atoms with Crippen LogP contribution >= 0.6 is 11.3 Å². The van der Waals surface area contributed by atoms with E-state index in [1.54, 1.807) is 5.38 Å². The zero-order chi connectivity index (χ0) is 13.5. The molecule has 1 aromatic rings. The second-order valence-electron chi connectivity index (χ2n) is 4.89. The summed E-state index contributed by atoms with van der Waals surface area (Å²) in [6.45, 7) is 1.92. The number of sulfonamides is 1. The van der Waals surface area contributed by atoms with Crippen LogP contribution in [0.4, 0.5) is 0 Å². The molecule has 2 fully saturated rings. The van der Waals surface area contributed by atoms with Crippen LogP contribution in [0.2, 0.25) is 0 Å². The number of carbonyl (C=O) groups is 1. The van der Waals surface area contributed by atoms with Crippen LogP contribution in [0.5, 0.6) is 0 Å². The maximum absolute atomic E-state index is 12.4. The van der Waals surface area contributed by atoms with Crippen molar-refractivity contribution in [2.75, 3.05) is 26.3 Å². The lowest BCUT2D eigenvalue weighted by Crippen LogP contribution is -2.48. The standard InChI is InChI=1S/C11H14N2O4S2/c14-10(11-6-12-3-8(11)4-17-7-11)13-19(15,16)9-1-2-18-5-9/h1-2,5,8,12H,3-4,6-7H2,(H,13,14)/t8-,11-/m0/s1. The summed E-state index contributed by atoms with van der Waals surface area (Å²) in [6.07, 6.45) is 0. The fourth-order valence-electron chi connectivity index (χ4n) is 2.60. The Morgan fingerprint density at radius 3 is 3.16 bits per heavy atom. The Kier molecular flexibility index (Phi) is 3.12. The average Bonchev–Trinajstić information content (AvgIpc) is 3.05. The van der Waals surface area contributed by atoms with Gasteiger partial charge in [0.15, 0.2) is 0 Å². The van der Waals surface area contributed by atoms with Gasteiger partial charge in [-0.25, -0.2) is 13.1 Å². The second kappa shape index (κ2) is 4.55. The van der Waals surface area contributed by atoms with Crippen LogP contribution in [0.3, 0.4) is 0 Å². The summed E-state index contributed by atoms with van der Waals surface area (Å²) < 4.78 is 31.6. The fourth-order valence-corrected chi connectivity index (χ4v) is 4.69. The summed E-state index contributed by atoms with van der Waals surface area (Å²) >= 11 is 1.28. The minimum atomic E-state index is -3.77. The first-order chi connectivity index (χ1) is 9.05. The minimum Gasteiger partial charge on any atom is -0.380 e. The number of nitrogens with one attached hydrogen (secondary N) is 2. The molecule has 0 unspecified atom stereocenters. The van der Waals surface area contributed by atoms with Crippen molar-refractivity contribution in [2.24, 2.45) is 11.3 Å². The van der Waals surface area contributed by atoms with E-state index in [4.69, 9.17) is 4.74 Å². The van der Waals surface area contributed by atoms with E-state index in [0.717, 1.165) is 0 Å². The summed E-state index contributed by atoms with van der Waals surface area (Å²) in [7, 11) is -3.77. The maximum atomic E-state index is 12.4. The Morgan fingerprint density at radius 2 is 2.42 bits per heavy atom.